The topological polar surface area (TPSA) is 61.8 Å². The third kappa shape index (κ3) is 7.85. The van der Waals surface area contributed by atoms with Crippen molar-refractivity contribution in [1.29, 1.82) is 0 Å². The number of ether oxygens (including phenoxy) is 3. The zero-order valence-electron chi connectivity index (χ0n) is 18.0. The first-order valence-electron chi connectivity index (χ1n) is 10.7. The molecule has 0 aliphatic heterocycles. The second-order valence-electron chi connectivity index (χ2n) is 7.40. The SMILES string of the molecule is O=CC[C@@H](OCc1ccccc1)[C@H](OCc1ccccc1)C(=O)COCc1ccccc1. The molecule has 0 aliphatic carbocycles. The number of Topliss-reactive ketones (excluding diaryl/α,β-unsaturated/α-hetero) is 1. The summed E-state index contributed by atoms with van der Waals surface area (Å²) in [5, 5.41) is 0. The smallest absolute Gasteiger partial charge is 0.189 e. The molecule has 32 heavy (non-hydrogen) atoms. The summed E-state index contributed by atoms with van der Waals surface area (Å²) in [5.74, 6) is -0.253. The Kier molecular flexibility index (Phi) is 9.80. The van der Waals surface area contributed by atoms with Crippen molar-refractivity contribution in [3.05, 3.63) is 108 Å². The van der Waals surface area contributed by atoms with Gasteiger partial charge in [0.05, 0.1) is 25.9 Å². The standard InChI is InChI=1S/C27H28O5/c28-17-16-26(31-19-23-12-6-2-7-13-23)27(32-20-24-14-8-3-9-15-24)25(29)21-30-18-22-10-4-1-5-11-22/h1-15,17,26-27H,16,18-21H2/t26-,27-/m1/s1. The van der Waals surface area contributed by atoms with Gasteiger partial charge in [0.1, 0.15) is 19.0 Å². The fourth-order valence-electron chi connectivity index (χ4n) is 3.25. The quantitative estimate of drug-likeness (QED) is 0.350. The summed E-state index contributed by atoms with van der Waals surface area (Å²) in [5.41, 5.74) is 2.87. The predicted octanol–water partition coefficient (Wildman–Crippen LogP) is 4.53. The molecule has 5 heteroatoms. The Balaban J connectivity index is 1.66. The van der Waals surface area contributed by atoms with Crippen LogP contribution in [0.15, 0.2) is 91.0 Å². The van der Waals surface area contributed by atoms with Crippen molar-refractivity contribution in [2.45, 2.75) is 38.4 Å². The van der Waals surface area contributed by atoms with Gasteiger partial charge in [-0.25, -0.2) is 0 Å². The number of carbonyl (C=O) groups is 2. The predicted molar refractivity (Wildman–Crippen MR) is 122 cm³/mol. The lowest BCUT2D eigenvalue weighted by molar-refractivity contribution is -0.151. The van der Waals surface area contributed by atoms with Gasteiger partial charge in [0.15, 0.2) is 5.78 Å². The molecular formula is C27H28O5. The first kappa shape index (κ1) is 23.5. The van der Waals surface area contributed by atoms with Crippen LogP contribution < -0.4 is 0 Å². The molecule has 0 heterocycles. The van der Waals surface area contributed by atoms with E-state index in [2.05, 4.69) is 0 Å². The van der Waals surface area contributed by atoms with E-state index in [4.69, 9.17) is 14.2 Å². The summed E-state index contributed by atoms with van der Waals surface area (Å²) in [4.78, 5) is 24.4. The van der Waals surface area contributed by atoms with Crippen LogP contribution >= 0.6 is 0 Å². The van der Waals surface area contributed by atoms with Crippen LogP contribution in [0, 0.1) is 0 Å². The van der Waals surface area contributed by atoms with Gasteiger partial charge in [0, 0.05) is 6.42 Å². The second-order valence-corrected chi connectivity index (χ2v) is 7.40. The molecule has 0 saturated heterocycles. The summed E-state index contributed by atoms with van der Waals surface area (Å²) in [6.45, 7) is 0.711. The van der Waals surface area contributed by atoms with Gasteiger partial charge in [-0.3, -0.25) is 4.79 Å². The van der Waals surface area contributed by atoms with Crippen LogP contribution in [0.5, 0.6) is 0 Å². The summed E-state index contributed by atoms with van der Waals surface area (Å²) < 4.78 is 17.6. The summed E-state index contributed by atoms with van der Waals surface area (Å²) in [6, 6.07) is 28.8. The number of rotatable bonds is 14. The fourth-order valence-corrected chi connectivity index (χ4v) is 3.25. The Hall–Kier alpha value is -3.12. The average molecular weight is 433 g/mol. The summed E-state index contributed by atoms with van der Waals surface area (Å²) in [6.07, 6.45) is -0.812. The van der Waals surface area contributed by atoms with Gasteiger partial charge >= 0.3 is 0 Å². The molecule has 0 bridgehead atoms. The molecule has 2 atom stereocenters. The van der Waals surface area contributed by atoms with E-state index in [1.54, 1.807) is 0 Å². The van der Waals surface area contributed by atoms with Crippen LogP contribution in [0.25, 0.3) is 0 Å². The largest absolute Gasteiger partial charge is 0.370 e. The van der Waals surface area contributed by atoms with E-state index in [9.17, 15) is 9.59 Å². The van der Waals surface area contributed by atoms with Crippen LogP contribution in [0.1, 0.15) is 23.1 Å². The molecule has 0 fully saturated rings. The molecule has 0 unspecified atom stereocenters. The highest BCUT2D eigenvalue weighted by molar-refractivity contribution is 5.85. The van der Waals surface area contributed by atoms with Crippen LogP contribution in [-0.2, 0) is 43.6 Å². The van der Waals surface area contributed by atoms with Crippen molar-refractivity contribution in [2.24, 2.45) is 0 Å². The van der Waals surface area contributed by atoms with E-state index < -0.39 is 12.2 Å². The fraction of sp³-hybridized carbons (Fsp3) is 0.259. The number of ketones is 1. The van der Waals surface area contributed by atoms with Gasteiger partial charge in [-0.2, -0.15) is 0 Å². The third-order valence-corrected chi connectivity index (χ3v) is 4.92. The van der Waals surface area contributed by atoms with Gasteiger partial charge in [-0.15, -0.1) is 0 Å². The first-order chi connectivity index (χ1) is 15.8. The van der Waals surface area contributed by atoms with Gasteiger partial charge < -0.3 is 19.0 Å². The van der Waals surface area contributed by atoms with E-state index in [0.717, 1.165) is 23.0 Å². The maximum absolute atomic E-state index is 13.0. The second kappa shape index (κ2) is 13.3. The molecular weight excluding hydrogens is 404 g/mol. The molecule has 3 aromatic carbocycles. The van der Waals surface area contributed by atoms with E-state index in [1.165, 1.54) is 0 Å². The molecule has 0 radical (unpaired) electrons. The lowest BCUT2D eigenvalue weighted by atomic mass is 10.1. The Bertz CT molecular complexity index is 928. The van der Waals surface area contributed by atoms with Crippen LogP contribution in [0.4, 0.5) is 0 Å². The van der Waals surface area contributed by atoms with Gasteiger partial charge in [-0.05, 0) is 16.7 Å². The number of aldehydes is 1. The number of benzene rings is 3. The lowest BCUT2D eigenvalue weighted by Crippen LogP contribution is -2.40. The van der Waals surface area contributed by atoms with Crippen molar-refractivity contribution in [3.8, 4) is 0 Å². The van der Waals surface area contributed by atoms with Crippen molar-refractivity contribution in [1.82, 2.24) is 0 Å². The average Bonchev–Trinajstić information content (AvgIpc) is 2.84. The maximum Gasteiger partial charge on any atom is 0.189 e. The monoisotopic (exact) mass is 432 g/mol. The Morgan fingerprint density at radius 2 is 1.16 bits per heavy atom. The van der Waals surface area contributed by atoms with E-state index >= 15 is 0 Å². The summed E-state index contributed by atoms with van der Waals surface area (Å²) >= 11 is 0. The highest BCUT2D eigenvalue weighted by atomic mass is 16.5. The third-order valence-electron chi connectivity index (χ3n) is 4.92. The minimum Gasteiger partial charge on any atom is -0.370 e. The molecule has 3 rings (SSSR count). The number of hydrogen-bond acceptors (Lipinski definition) is 5. The van der Waals surface area contributed by atoms with Gasteiger partial charge in [0.25, 0.3) is 0 Å². The normalized spacial score (nSPS) is 12.8. The molecule has 5 nitrogen and oxygen atoms in total. The van der Waals surface area contributed by atoms with Crippen LogP contribution in [-0.4, -0.2) is 30.9 Å². The number of hydrogen-bond donors (Lipinski definition) is 0. The van der Waals surface area contributed by atoms with Crippen LogP contribution in [0.2, 0.25) is 0 Å². The van der Waals surface area contributed by atoms with Gasteiger partial charge in [-0.1, -0.05) is 91.0 Å². The Morgan fingerprint density at radius 1 is 0.688 bits per heavy atom. The molecule has 3 aromatic rings. The van der Waals surface area contributed by atoms with E-state index in [0.29, 0.717) is 6.61 Å². The zero-order valence-corrected chi connectivity index (χ0v) is 18.0. The van der Waals surface area contributed by atoms with E-state index in [1.807, 2.05) is 91.0 Å². The molecule has 0 N–H and O–H groups in total. The first-order valence-corrected chi connectivity index (χ1v) is 10.7. The Morgan fingerprint density at radius 3 is 1.66 bits per heavy atom. The molecule has 0 spiro atoms. The van der Waals surface area contributed by atoms with Crippen molar-refractivity contribution in [2.75, 3.05) is 6.61 Å². The Labute approximate surface area is 188 Å². The molecule has 0 aliphatic rings. The maximum atomic E-state index is 13.0. The van der Waals surface area contributed by atoms with E-state index in [-0.39, 0.29) is 32.0 Å². The van der Waals surface area contributed by atoms with Crippen molar-refractivity contribution < 1.29 is 23.8 Å². The molecule has 0 saturated carbocycles. The number of carbonyl (C=O) groups excluding carboxylic acids is 2. The minimum absolute atomic E-state index is 0.0523. The van der Waals surface area contributed by atoms with Gasteiger partial charge in [0.2, 0.25) is 0 Å². The minimum atomic E-state index is -0.917. The lowest BCUT2D eigenvalue weighted by Gasteiger charge is -2.25. The van der Waals surface area contributed by atoms with Crippen molar-refractivity contribution in [3.63, 3.8) is 0 Å². The van der Waals surface area contributed by atoms with Crippen LogP contribution in [0.3, 0.4) is 0 Å². The van der Waals surface area contributed by atoms with Crippen molar-refractivity contribution >= 4 is 12.1 Å². The zero-order chi connectivity index (χ0) is 22.4. The molecule has 0 amide bonds. The highest BCUT2D eigenvalue weighted by Crippen LogP contribution is 2.16. The summed E-state index contributed by atoms with van der Waals surface area (Å²) in [7, 11) is 0. The molecule has 0 aromatic heterocycles. The molecule has 166 valence electrons. The highest BCUT2D eigenvalue weighted by Gasteiger charge is 2.30.